The van der Waals surface area contributed by atoms with Gasteiger partial charge in [0.2, 0.25) is 6.41 Å². The van der Waals surface area contributed by atoms with Crippen molar-refractivity contribution in [2.24, 2.45) is 23.1 Å². The minimum atomic E-state index is -0.313. The van der Waals surface area contributed by atoms with Crippen molar-refractivity contribution in [3.8, 4) is 11.5 Å². The monoisotopic (exact) mass is 424 g/mol. The second-order valence-corrected chi connectivity index (χ2v) is 7.49. The zero-order chi connectivity index (χ0) is 22.4. The van der Waals surface area contributed by atoms with Gasteiger partial charge in [-0.3, -0.25) is 15.6 Å². The van der Waals surface area contributed by atoms with E-state index >= 15 is 0 Å². The maximum atomic E-state index is 11.6. The first kappa shape index (κ1) is 22.1. The largest absolute Gasteiger partial charge is 0.488 e. The molecule has 9 heteroatoms. The number of piperidine rings is 1. The summed E-state index contributed by atoms with van der Waals surface area (Å²) >= 11 is 0. The SMILES string of the molecule is N=C(N)c1ccc(OC2CN(C=O)CC(Oc3ccc(C(=N)N)cc3)C2CCN)cc1. The van der Waals surface area contributed by atoms with Crippen LogP contribution in [0.4, 0.5) is 0 Å². The Bertz CT molecular complexity index is 846. The van der Waals surface area contributed by atoms with Gasteiger partial charge in [0.15, 0.2) is 0 Å². The lowest BCUT2D eigenvalue weighted by molar-refractivity contribution is -0.126. The average molecular weight is 425 g/mol. The molecular formula is C22H28N6O3. The first-order chi connectivity index (χ1) is 14.9. The van der Waals surface area contributed by atoms with Crippen LogP contribution in [-0.2, 0) is 4.79 Å². The Morgan fingerprint density at radius 3 is 1.65 bits per heavy atom. The van der Waals surface area contributed by atoms with Gasteiger partial charge in [0.25, 0.3) is 0 Å². The summed E-state index contributed by atoms with van der Waals surface area (Å²) in [5.41, 5.74) is 18.1. The summed E-state index contributed by atoms with van der Waals surface area (Å²) in [4.78, 5) is 13.2. The molecule has 1 amide bonds. The van der Waals surface area contributed by atoms with Crippen molar-refractivity contribution in [2.75, 3.05) is 19.6 Å². The van der Waals surface area contributed by atoms with Gasteiger partial charge in [-0.2, -0.15) is 0 Å². The minimum Gasteiger partial charge on any atom is -0.488 e. The minimum absolute atomic E-state index is 0.0124. The topological polar surface area (TPSA) is 165 Å². The van der Waals surface area contributed by atoms with Crippen molar-refractivity contribution in [3.05, 3.63) is 59.7 Å². The molecule has 9 nitrogen and oxygen atoms in total. The standard InChI is InChI=1S/C22H28N6O3/c23-10-9-18-19(30-16-5-1-14(2-6-16)21(24)25)11-28(13-29)12-20(18)31-17-7-3-15(4-8-17)22(26)27/h1-8,13,18-20H,9-12,23H2,(H3,24,25)(H3,26,27). The number of likely N-dealkylation sites (tertiary alicyclic amines) is 1. The number of hydrogen-bond acceptors (Lipinski definition) is 6. The predicted octanol–water partition coefficient (Wildman–Crippen LogP) is 0.887. The third-order valence-electron chi connectivity index (χ3n) is 5.34. The number of carbonyl (C=O) groups excluding carboxylic acids is 1. The van der Waals surface area contributed by atoms with Gasteiger partial charge >= 0.3 is 0 Å². The lowest BCUT2D eigenvalue weighted by Gasteiger charge is -2.42. The Morgan fingerprint density at radius 2 is 1.32 bits per heavy atom. The highest BCUT2D eigenvalue weighted by molar-refractivity contribution is 5.95. The zero-order valence-corrected chi connectivity index (χ0v) is 17.2. The maximum absolute atomic E-state index is 11.6. The predicted molar refractivity (Wildman–Crippen MR) is 119 cm³/mol. The molecule has 164 valence electrons. The van der Waals surface area contributed by atoms with Gasteiger partial charge in [-0.15, -0.1) is 0 Å². The van der Waals surface area contributed by atoms with E-state index in [0.717, 1.165) is 6.41 Å². The van der Waals surface area contributed by atoms with Gasteiger partial charge in [0, 0.05) is 17.0 Å². The smallest absolute Gasteiger partial charge is 0.209 e. The fraction of sp³-hybridized carbons (Fsp3) is 0.318. The molecule has 1 fully saturated rings. The molecule has 2 aromatic carbocycles. The summed E-state index contributed by atoms with van der Waals surface area (Å²) < 4.78 is 12.4. The second-order valence-electron chi connectivity index (χ2n) is 7.49. The van der Waals surface area contributed by atoms with Crippen LogP contribution in [-0.4, -0.2) is 54.8 Å². The van der Waals surface area contributed by atoms with E-state index in [1.54, 1.807) is 53.4 Å². The molecule has 1 aliphatic heterocycles. The summed E-state index contributed by atoms with van der Waals surface area (Å²) in [5.74, 6) is 1.17. The third-order valence-corrected chi connectivity index (χ3v) is 5.34. The van der Waals surface area contributed by atoms with Gasteiger partial charge in [-0.25, -0.2) is 0 Å². The Balaban J connectivity index is 1.79. The molecule has 2 atom stereocenters. The van der Waals surface area contributed by atoms with Crippen molar-refractivity contribution >= 4 is 18.1 Å². The molecule has 1 heterocycles. The molecule has 0 aromatic heterocycles. The Labute approximate surface area is 181 Å². The van der Waals surface area contributed by atoms with Gasteiger partial charge in [0.05, 0.1) is 13.1 Å². The first-order valence-electron chi connectivity index (χ1n) is 10.0. The highest BCUT2D eigenvalue weighted by Gasteiger charge is 2.39. The molecule has 0 radical (unpaired) electrons. The molecule has 2 unspecified atom stereocenters. The molecule has 3 rings (SSSR count). The number of rotatable bonds is 9. The van der Waals surface area contributed by atoms with E-state index in [9.17, 15) is 4.79 Å². The number of amidine groups is 2. The van der Waals surface area contributed by atoms with E-state index in [1.165, 1.54) is 0 Å². The summed E-state index contributed by atoms with van der Waals surface area (Å²) in [6.07, 6.45) is 0.835. The molecule has 1 saturated heterocycles. The number of nitrogens with two attached hydrogens (primary N) is 3. The molecule has 0 saturated carbocycles. The van der Waals surface area contributed by atoms with Crippen LogP contribution >= 0.6 is 0 Å². The fourth-order valence-corrected chi connectivity index (χ4v) is 3.72. The highest BCUT2D eigenvalue weighted by atomic mass is 16.5. The molecule has 0 spiro atoms. The molecule has 31 heavy (non-hydrogen) atoms. The van der Waals surface area contributed by atoms with E-state index in [0.29, 0.717) is 48.7 Å². The lowest BCUT2D eigenvalue weighted by Crippen LogP contribution is -2.56. The summed E-state index contributed by atoms with van der Waals surface area (Å²) in [5, 5.41) is 15.0. The summed E-state index contributed by atoms with van der Waals surface area (Å²) in [6, 6.07) is 13.9. The molecule has 2 aromatic rings. The van der Waals surface area contributed by atoms with E-state index < -0.39 is 0 Å². The number of nitrogen functional groups attached to an aromatic ring is 2. The van der Waals surface area contributed by atoms with Crippen molar-refractivity contribution in [3.63, 3.8) is 0 Å². The number of carbonyl (C=O) groups is 1. The van der Waals surface area contributed by atoms with Crippen molar-refractivity contribution < 1.29 is 14.3 Å². The molecule has 8 N–H and O–H groups in total. The quantitative estimate of drug-likeness (QED) is 0.228. The van der Waals surface area contributed by atoms with Crippen LogP contribution in [0.25, 0.3) is 0 Å². The van der Waals surface area contributed by atoms with E-state index in [2.05, 4.69) is 0 Å². The Morgan fingerprint density at radius 1 is 0.903 bits per heavy atom. The summed E-state index contributed by atoms with van der Waals surface area (Å²) in [7, 11) is 0. The zero-order valence-electron chi connectivity index (χ0n) is 17.2. The number of amides is 1. The Kier molecular flexibility index (Phi) is 7.09. The van der Waals surface area contributed by atoms with Crippen LogP contribution in [0.3, 0.4) is 0 Å². The first-order valence-corrected chi connectivity index (χ1v) is 10.0. The van der Waals surface area contributed by atoms with E-state index in [-0.39, 0.29) is 29.8 Å². The van der Waals surface area contributed by atoms with Gasteiger partial charge < -0.3 is 31.6 Å². The third kappa shape index (κ3) is 5.52. The van der Waals surface area contributed by atoms with Crippen LogP contribution in [0.2, 0.25) is 0 Å². The lowest BCUT2D eigenvalue weighted by atomic mass is 9.88. The second kappa shape index (κ2) is 9.94. The van der Waals surface area contributed by atoms with E-state index in [4.69, 9.17) is 37.5 Å². The van der Waals surface area contributed by atoms with Crippen LogP contribution in [0, 0.1) is 16.7 Å². The van der Waals surface area contributed by atoms with Gasteiger partial charge in [-0.1, -0.05) is 0 Å². The summed E-state index contributed by atoms with van der Waals surface area (Å²) in [6.45, 7) is 1.30. The van der Waals surface area contributed by atoms with Crippen molar-refractivity contribution in [1.82, 2.24) is 4.90 Å². The molecule has 1 aliphatic rings. The molecular weight excluding hydrogens is 396 g/mol. The average Bonchev–Trinajstić information content (AvgIpc) is 2.76. The molecule has 0 aliphatic carbocycles. The van der Waals surface area contributed by atoms with Crippen LogP contribution < -0.4 is 26.7 Å². The number of ether oxygens (including phenoxy) is 2. The fourth-order valence-electron chi connectivity index (χ4n) is 3.72. The van der Waals surface area contributed by atoms with Crippen molar-refractivity contribution in [1.29, 1.82) is 10.8 Å². The number of hydrogen-bond donors (Lipinski definition) is 5. The van der Waals surface area contributed by atoms with Crippen LogP contribution in [0.1, 0.15) is 17.5 Å². The molecule has 0 bridgehead atoms. The van der Waals surface area contributed by atoms with Crippen LogP contribution in [0.15, 0.2) is 48.5 Å². The van der Waals surface area contributed by atoms with E-state index in [1.807, 2.05) is 0 Å². The number of nitrogens with zero attached hydrogens (tertiary/aromatic N) is 1. The van der Waals surface area contributed by atoms with Gasteiger partial charge in [-0.05, 0) is 61.5 Å². The highest BCUT2D eigenvalue weighted by Crippen LogP contribution is 2.29. The maximum Gasteiger partial charge on any atom is 0.209 e. The van der Waals surface area contributed by atoms with Crippen molar-refractivity contribution in [2.45, 2.75) is 18.6 Å². The van der Waals surface area contributed by atoms with Gasteiger partial charge in [0.1, 0.15) is 35.4 Å². The number of nitrogens with one attached hydrogen (secondary N) is 2. The number of benzene rings is 2. The normalized spacial score (nSPS) is 20.7. The van der Waals surface area contributed by atoms with Crippen LogP contribution in [0.5, 0.6) is 11.5 Å². The Hall–Kier alpha value is -3.59.